The molecule has 168 valence electrons. The number of amides is 2. The van der Waals surface area contributed by atoms with Crippen LogP contribution in [0.1, 0.15) is 18.9 Å². The zero-order valence-electron chi connectivity index (χ0n) is 17.1. The first-order valence-electron chi connectivity index (χ1n) is 9.40. The van der Waals surface area contributed by atoms with Crippen molar-refractivity contribution in [3.05, 3.63) is 22.4 Å². The number of likely N-dealkylation sites (tertiary alicyclic amines) is 2. The molecule has 1 spiro atoms. The van der Waals surface area contributed by atoms with Gasteiger partial charge in [-0.05, 0) is 34.7 Å². The highest BCUT2D eigenvalue weighted by molar-refractivity contribution is 7.07. The van der Waals surface area contributed by atoms with Crippen LogP contribution in [0.15, 0.2) is 16.8 Å². The highest BCUT2D eigenvalue weighted by Crippen LogP contribution is 2.45. The lowest BCUT2D eigenvalue weighted by atomic mass is 9.78. The number of halogens is 3. The van der Waals surface area contributed by atoms with Crippen LogP contribution in [0, 0.1) is 11.3 Å². The van der Waals surface area contributed by atoms with Crippen LogP contribution in [-0.2, 0) is 20.9 Å². The van der Waals surface area contributed by atoms with E-state index in [2.05, 4.69) is 28.7 Å². The van der Waals surface area contributed by atoms with E-state index in [1.807, 2.05) is 0 Å². The number of rotatable bonds is 4. The van der Waals surface area contributed by atoms with Gasteiger partial charge in [0.05, 0.1) is 12.0 Å². The van der Waals surface area contributed by atoms with E-state index in [0.29, 0.717) is 12.5 Å². The Labute approximate surface area is 177 Å². The Kier molecular flexibility index (Phi) is 7.51. The van der Waals surface area contributed by atoms with Crippen LogP contribution in [0.3, 0.4) is 0 Å². The monoisotopic (exact) mass is 449 g/mol. The molecule has 2 saturated heterocycles. The Bertz CT molecular complexity index is 770. The molecule has 0 radical (unpaired) electrons. The molecule has 1 N–H and O–H groups in total. The summed E-state index contributed by atoms with van der Waals surface area (Å²) in [5.74, 6) is -2.25. The zero-order valence-corrected chi connectivity index (χ0v) is 17.9. The van der Waals surface area contributed by atoms with Crippen LogP contribution in [0.4, 0.5) is 13.2 Å². The predicted molar refractivity (Wildman–Crippen MR) is 105 cm³/mol. The lowest BCUT2D eigenvalue weighted by Gasteiger charge is -2.27. The van der Waals surface area contributed by atoms with Crippen LogP contribution in [0.2, 0.25) is 0 Å². The summed E-state index contributed by atoms with van der Waals surface area (Å²) >= 11 is 1.71. The molecular formula is C19H26F3N3O4S. The number of nitrogens with zero attached hydrogens (tertiary/aromatic N) is 3. The van der Waals surface area contributed by atoms with E-state index in [0.717, 1.165) is 26.1 Å². The Hall–Kier alpha value is -2.14. The van der Waals surface area contributed by atoms with E-state index >= 15 is 0 Å². The van der Waals surface area contributed by atoms with Crippen molar-refractivity contribution in [3.8, 4) is 0 Å². The van der Waals surface area contributed by atoms with Gasteiger partial charge in [-0.2, -0.15) is 24.5 Å². The second-order valence-electron chi connectivity index (χ2n) is 7.93. The van der Waals surface area contributed by atoms with Gasteiger partial charge < -0.3 is 14.9 Å². The number of carbonyl (C=O) groups excluding carboxylic acids is 2. The van der Waals surface area contributed by atoms with E-state index in [1.54, 1.807) is 35.2 Å². The minimum atomic E-state index is -5.08. The zero-order chi connectivity index (χ0) is 22.7. The van der Waals surface area contributed by atoms with E-state index in [-0.39, 0.29) is 23.8 Å². The van der Waals surface area contributed by atoms with Crippen LogP contribution < -0.4 is 0 Å². The number of hydrogen-bond acceptors (Lipinski definition) is 5. The summed E-state index contributed by atoms with van der Waals surface area (Å²) in [7, 11) is 3.47. The Morgan fingerprint density at radius 3 is 2.50 bits per heavy atom. The molecule has 1 aromatic heterocycles. The number of carboxylic acid groups (broad SMARTS) is 1. The largest absolute Gasteiger partial charge is 0.490 e. The quantitative estimate of drug-likeness (QED) is 0.762. The van der Waals surface area contributed by atoms with Gasteiger partial charge in [0, 0.05) is 40.3 Å². The smallest absolute Gasteiger partial charge is 0.475 e. The number of likely N-dealkylation sites (N-methyl/N-ethyl adjacent to an activating group) is 1. The number of carbonyl (C=O) groups is 3. The Morgan fingerprint density at radius 2 is 2.00 bits per heavy atom. The molecule has 0 aromatic carbocycles. The van der Waals surface area contributed by atoms with Crippen molar-refractivity contribution < 1.29 is 32.7 Å². The lowest BCUT2D eigenvalue weighted by molar-refractivity contribution is -0.192. The molecule has 2 amide bonds. The molecule has 11 heteroatoms. The average molecular weight is 449 g/mol. The van der Waals surface area contributed by atoms with Gasteiger partial charge in [-0.15, -0.1) is 0 Å². The number of carboxylic acids is 1. The molecule has 3 heterocycles. The van der Waals surface area contributed by atoms with Crippen molar-refractivity contribution >= 4 is 29.1 Å². The van der Waals surface area contributed by atoms with Crippen molar-refractivity contribution in [1.29, 1.82) is 0 Å². The molecule has 2 aliphatic rings. The van der Waals surface area contributed by atoms with Gasteiger partial charge in [0.1, 0.15) is 0 Å². The fourth-order valence-electron chi connectivity index (χ4n) is 3.86. The number of aliphatic carboxylic acids is 1. The van der Waals surface area contributed by atoms with Gasteiger partial charge in [0.25, 0.3) is 0 Å². The third-order valence-electron chi connectivity index (χ3n) is 5.58. The molecule has 2 fully saturated rings. The van der Waals surface area contributed by atoms with Crippen LogP contribution in [-0.4, -0.2) is 84.0 Å². The summed E-state index contributed by atoms with van der Waals surface area (Å²) < 4.78 is 31.7. The van der Waals surface area contributed by atoms with E-state index in [4.69, 9.17) is 9.90 Å². The van der Waals surface area contributed by atoms with Gasteiger partial charge in [0.2, 0.25) is 11.8 Å². The van der Waals surface area contributed by atoms with Gasteiger partial charge in [-0.3, -0.25) is 14.5 Å². The van der Waals surface area contributed by atoms with Gasteiger partial charge in [0.15, 0.2) is 0 Å². The number of alkyl halides is 3. The van der Waals surface area contributed by atoms with Gasteiger partial charge >= 0.3 is 12.1 Å². The fraction of sp³-hybridized carbons (Fsp3) is 0.632. The average Bonchev–Trinajstić information content (AvgIpc) is 3.32. The normalized spacial score (nSPS) is 24.1. The molecule has 0 bridgehead atoms. The minimum Gasteiger partial charge on any atom is -0.475 e. The summed E-state index contributed by atoms with van der Waals surface area (Å²) in [6, 6.07) is 2.15. The van der Waals surface area contributed by atoms with Crippen LogP contribution in [0.25, 0.3) is 0 Å². The summed E-state index contributed by atoms with van der Waals surface area (Å²) in [6.07, 6.45) is -4.21. The van der Waals surface area contributed by atoms with Crippen molar-refractivity contribution in [2.45, 2.75) is 26.1 Å². The summed E-state index contributed by atoms with van der Waals surface area (Å²) in [5, 5.41) is 11.4. The van der Waals surface area contributed by atoms with Gasteiger partial charge in [-0.1, -0.05) is 6.92 Å². The van der Waals surface area contributed by atoms with Gasteiger partial charge in [-0.25, -0.2) is 4.79 Å². The first kappa shape index (κ1) is 24.1. The fourth-order valence-corrected chi connectivity index (χ4v) is 4.52. The third-order valence-corrected chi connectivity index (χ3v) is 6.31. The highest BCUT2D eigenvalue weighted by atomic mass is 32.1. The van der Waals surface area contributed by atoms with Crippen molar-refractivity contribution in [3.63, 3.8) is 0 Å². The summed E-state index contributed by atoms with van der Waals surface area (Å²) in [4.78, 5) is 39.5. The minimum absolute atomic E-state index is 0.00354. The molecule has 0 aliphatic carbocycles. The highest BCUT2D eigenvalue weighted by Gasteiger charge is 2.55. The molecule has 3 rings (SSSR count). The van der Waals surface area contributed by atoms with E-state index in [1.165, 1.54) is 5.56 Å². The first-order chi connectivity index (χ1) is 13.9. The molecule has 1 unspecified atom stereocenters. The third kappa shape index (κ3) is 5.51. The molecule has 2 aliphatic heterocycles. The van der Waals surface area contributed by atoms with E-state index < -0.39 is 12.1 Å². The second-order valence-corrected chi connectivity index (χ2v) is 8.71. The van der Waals surface area contributed by atoms with Crippen molar-refractivity contribution in [1.82, 2.24) is 14.7 Å². The van der Waals surface area contributed by atoms with Crippen molar-refractivity contribution in [2.75, 3.05) is 40.3 Å². The predicted octanol–water partition coefficient (Wildman–Crippen LogP) is 2.14. The maximum Gasteiger partial charge on any atom is 0.490 e. The SMILES string of the molecule is C[C@@H]1CN(Cc2ccsc2)CC12CCN(CC(=O)N(C)C)C2=O.O=C(O)C(F)(F)F. The van der Waals surface area contributed by atoms with E-state index in [9.17, 15) is 22.8 Å². The van der Waals surface area contributed by atoms with Crippen molar-refractivity contribution in [2.24, 2.45) is 11.3 Å². The molecule has 2 atom stereocenters. The van der Waals surface area contributed by atoms with Crippen LogP contribution in [0.5, 0.6) is 0 Å². The lowest BCUT2D eigenvalue weighted by Crippen LogP contribution is -2.43. The molecule has 1 aromatic rings. The molecule has 7 nitrogen and oxygen atoms in total. The number of hydrogen-bond donors (Lipinski definition) is 1. The summed E-state index contributed by atoms with van der Waals surface area (Å²) in [5.41, 5.74) is 1.03. The standard InChI is InChI=1S/C17H25N3O2S.C2HF3O2/c1-13-8-19(9-14-4-7-23-11-14)12-17(13)5-6-20(16(17)22)10-15(21)18(2)3;3-2(4,5)1(6)7/h4,7,11,13H,5-6,8-10,12H2,1-3H3;(H,6,7)/t13-,17?;/m1./s1. The number of thiophene rings is 1. The topological polar surface area (TPSA) is 81.2 Å². The molecule has 0 saturated carbocycles. The maximum atomic E-state index is 13.0. The Morgan fingerprint density at radius 1 is 1.37 bits per heavy atom. The maximum absolute atomic E-state index is 13.0. The molecule has 30 heavy (non-hydrogen) atoms. The van der Waals surface area contributed by atoms with Crippen LogP contribution >= 0.6 is 11.3 Å². The second kappa shape index (κ2) is 9.34. The first-order valence-corrected chi connectivity index (χ1v) is 10.3. The Balaban J connectivity index is 0.000000396. The summed E-state index contributed by atoms with van der Waals surface area (Å²) in [6.45, 7) is 5.79. The molecular weight excluding hydrogens is 423 g/mol.